The van der Waals surface area contributed by atoms with Gasteiger partial charge in [-0.15, -0.1) is 0 Å². The Balaban J connectivity index is 2.55. The highest BCUT2D eigenvalue weighted by Gasteiger charge is 2.11. The lowest BCUT2D eigenvalue weighted by Gasteiger charge is -2.12. The molecule has 7 nitrogen and oxygen atoms in total. The third-order valence-corrected chi connectivity index (χ3v) is 2.72. The van der Waals surface area contributed by atoms with Crippen molar-refractivity contribution in [1.82, 2.24) is 4.90 Å². The molecule has 0 bridgehead atoms. The number of carbonyl (C=O) groups is 1. The van der Waals surface area contributed by atoms with Gasteiger partial charge in [-0.3, -0.25) is 14.9 Å². The normalized spacial score (nSPS) is 10.2. The first-order chi connectivity index (χ1) is 9.45. The number of aliphatic hydroxyl groups excluding tert-OH is 1. The lowest BCUT2D eigenvalue weighted by atomic mass is 10.2. The van der Waals surface area contributed by atoms with Crippen LogP contribution < -0.4 is 4.74 Å². The summed E-state index contributed by atoms with van der Waals surface area (Å²) in [5.41, 5.74) is 0.266. The van der Waals surface area contributed by atoms with Gasteiger partial charge in [0.1, 0.15) is 5.75 Å². The van der Waals surface area contributed by atoms with Crippen molar-refractivity contribution in [3.63, 3.8) is 0 Å². The Kier molecular flexibility index (Phi) is 5.92. The van der Waals surface area contributed by atoms with Crippen molar-refractivity contribution in [3.05, 3.63) is 33.9 Å². The van der Waals surface area contributed by atoms with E-state index in [-0.39, 0.29) is 18.2 Å². The molecule has 1 aromatic rings. The van der Waals surface area contributed by atoms with Crippen LogP contribution in [0.1, 0.15) is 18.4 Å². The number of carbonyl (C=O) groups excluding carboxylic acids is 1. The first kappa shape index (κ1) is 15.9. The minimum Gasteiger partial charge on any atom is -0.493 e. The number of nitro groups is 1. The summed E-state index contributed by atoms with van der Waals surface area (Å²) in [7, 11) is 3.37. The Bertz CT molecular complexity index is 488. The lowest BCUT2D eigenvalue weighted by molar-refractivity contribution is -0.385. The summed E-state index contributed by atoms with van der Waals surface area (Å²) < 4.78 is 5.44. The van der Waals surface area contributed by atoms with E-state index in [9.17, 15) is 20.0 Å². The zero-order valence-electron chi connectivity index (χ0n) is 11.5. The number of hydrogen-bond acceptors (Lipinski definition) is 5. The van der Waals surface area contributed by atoms with E-state index in [1.54, 1.807) is 14.1 Å². The Hall–Kier alpha value is -2.15. The minimum absolute atomic E-state index is 0.0136. The average molecular weight is 282 g/mol. The number of aliphatic hydroxyl groups is 1. The van der Waals surface area contributed by atoms with Gasteiger partial charge in [0.2, 0.25) is 5.91 Å². The van der Waals surface area contributed by atoms with E-state index < -0.39 is 4.92 Å². The van der Waals surface area contributed by atoms with Gasteiger partial charge >= 0.3 is 0 Å². The molecule has 0 spiro atoms. The van der Waals surface area contributed by atoms with E-state index in [4.69, 9.17) is 4.74 Å². The Morgan fingerprint density at radius 1 is 1.45 bits per heavy atom. The number of nitrogens with zero attached hydrogens (tertiary/aromatic N) is 2. The van der Waals surface area contributed by atoms with Gasteiger partial charge in [-0.1, -0.05) is 0 Å². The number of rotatable bonds is 7. The van der Waals surface area contributed by atoms with E-state index in [0.29, 0.717) is 30.8 Å². The van der Waals surface area contributed by atoms with E-state index in [0.717, 1.165) is 0 Å². The number of non-ortho nitro benzene ring substituents is 1. The second-order valence-corrected chi connectivity index (χ2v) is 4.45. The monoisotopic (exact) mass is 282 g/mol. The number of benzene rings is 1. The molecular weight excluding hydrogens is 264 g/mol. The molecule has 1 rings (SSSR count). The van der Waals surface area contributed by atoms with Gasteiger partial charge in [0.05, 0.1) is 18.1 Å². The third kappa shape index (κ3) is 4.51. The van der Waals surface area contributed by atoms with Crippen LogP contribution >= 0.6 is 0 Å². The maximum atomic E-state index is 11.4. The van der Waals surface area contributed by atoms with Crippen LogP contribution in [0.4, 0.5) is 5.69 Å². The molecule has 0 aromatic heterocycles. The fraction of sp³-hybridized carbons (Fsp3) is 0.462. The maximum Gasteiger partial charge on any atom is 0.270 e. The molecule has 0 aliphatic carbocycles. The highest BCUT2D eigenvalue weighted by atomic mass is 16.6. The van der Waals surface area contributed by atoms with Crippen LogP contribution in [0, 0.1) is 10.1 Å². The summed E-state index contributed by atoms with van der Waals surface area (Å²) in [6.45, 7) is -0.0297. The third-order valence-electron chi connectivity index (χ3n) is 2.72. The highest BCUT2D eigenvalue weighted by molar-refractivity contribution is 5.75. The largest absolute Gasteiger partial charge is 0.493 e. The van der Waals surface area contributed by atoms with Crippen LogP contribution in [-0.2, 0) is 11.4 Å². The van der Waals surface area contributed by atoms with E-state index in [1.807, 2.05) is 0 Å². The van der Waals surface area contributed by atoms with Gasteiger partial charge in [0, 0.05) is 38.2 Å². The fourth-order valence-electron chi connectivity index (χ4n) is 1.57. The van der Waals surface area contributed by atoms with Crippen molar-refractivity contribution in [2.45, 2.75) is 19.4 Å². The second kappa shape index (κ2) is 7.44. The molecular formula is C13H18N2O5. The molecule has 7 heteroatoms. The molecule has 0 radical (unpaired) electrons. The molecule has 20 heavy (non-hydrogen) atoms. The van der Waals surface area contributed by atoms with Gasteiger partial charge < -0.3 is 14.7 Å². The van der Waals surface area contributed by atoms with Crippen molar-refractivity contribution >= 4 is 11.6 Å². The average Bonchev–Trinajstić information content (AvgIpc) is 2.42. The van der Waals surface area contributed by atoms with Crippen LogP contribution in [0.25, 0.3) is 0 Å². The molecule has 0 aliphatic rings. The van der Waals surface area contributed by atoms with E-state index >= 15 is 0 Å². The quantitative estimate of drug-likeness (QED) is 0.462. The van der Waals surface area contributed by atoms with Crippen LogP contribution in [0.2, 0.25) is 0 Å². The first-order valence-electron chi connectivity index (χ1n) is 6.17. The molecule has 0 fully saturated rings. The van der Waals surface area contributed by atoms with Crippen LogP contribution in [0.5, 0.6) is 5.75 Å². The summed E-state index contributed by atoms with van der Waals surface area (Å²) >= 11 is 0. The van der Waals surface area contributed by atoms with Gasteiger partial charge in [-0.05, 0) is 12.5 Å². The van der Waals surface area contributed by atoms with Crippen molar-refractivity contribution in [2.24, 2.45) is 0 Å². The van der Waals surface area contributed by atoms with E-state index in [2.05, 4.69) is 0 Å². The zero-order chi connectivity index (χ0) is 15.1. The number of ether oxygens (including phenoxy) is 1. The van der Waals surface area contributed by atoms with Gasteiger partial charge in [0.25, 0.3) is 5.69 Å². The fourth-order valence-corrected chi connectivity index (χ4v) is 1.57. The molecule has 0 heterocycles. The number of nitro benzene ring substituents is 1. The molecule has 1 N–H and O–H groups in total. The minimum atomic E-state index is -0.529. The van der Waals surface area contributed by atoms with Crippen molar-refractivity contribution in [2.75, 3.05) is 20.7 Å². The second-order valence-electron chi connectivity index (χ2n) is 4.45. The Labute approximate surface area is 116 Å². The molecule has 110 valence electrons. The molecule has 0 saturated heterocycles. The molecule has 0 atom stereocenters. The first-order valence-corrected chi connectivity index (χ1v) is 6.17. The van der Waals surface area contributed by atoms with Gasteiger partial charge in [-0.2, -0.15) is 0 Å². The Morgan fingerprint density at radius 3 is 2.70 bits per heavy atom. The molecule has 0 aliphatic heterocycles. The summed E-state index contributed by atoms with van der Waals surface area (Å²) in [4.78, 5) is 22.9. The predicted molar refractivity (Wildman–Crippen MR) is 72.4 cm³/mol. The topological polar surface area (TPSA) is 92.9 Å². The lowest BCUT2D eigenvalue weighted by Crippen LogP contribution is -2.21. The maximum absolute atomic E-state index is 11.4. The SMILES string of the molecule is CN(C)C(=O)CCCOc1ccc([N+](=O)[O-])cc1CO. The molecule has 1 amide bonds. The number of hydrogen-bond donors (Lipinski definition) is 1. The highest BCUT2D eigenvalue weighted by Crippen LogP contribution is 2.24. The van der Waals surface area contributed by atoms with Gasteiger partial charge in [-0.25, -0.2) is 0 Å². The molecule has 1 aromatic carbocycles. The summed E-state index contributed by atoms with van der Waals surface area (Å²) in [5, 5.41) is 19.8. The van der Waals surface area contributed by atoms with E-state index in [1.165, 1.54) is 23.1 Å². The van der Waals surface area contributed by atoms with Crippen molar-refractivity contribution in [3.8, 4) is 5.75 Å². The summed E-state index contributed by atoms with van der Waals surface area (Å²) in [6.07, 6.45) is 0.910. The number of amides is 1. The smallest absolute Gasteiger partial charge is 0.270 e. The zero-order valence-corrected chi connectivity index (χ0v) is 11.5. The Morgan fingerprint density at radius 2 is 2.15 bits per heavy atom. The molecule has 0 saturated carbocycles. The van der Waals surface area contributed by atoms with Crippen molar-refractivity contribution in [1.29, 1.82) is 0 Å². The van der Waals surface area contributed by atoms with Crippen LogP contribution in [0.15, 0.2) is 18.2 Å². The molecule has 0 unspecified atom stereocenters. The van der Waals surface area contributed by atoms with Crippen molar-refractivity contribution < 1.29 is 19.6 Å². The summed E-state index contributed by atoms with van der Waals surface area (Å²) in [6, 6.07) is 4.05. The summed E-state index contributed by atoms with van der Waals surface area (Å²) in [5.74, 6) is 0.412. The van der Waals surface area contributed by atoms with Crippen LogP contribution in [0.3, 0.4) is 0 Å². The van der Waals surface area contributed by atoms with Crippen LogP contribution in [-0.4, -0.2) is 41.5 Å². The standard InChI is InChI=1S/C13H18N2O5/c1-14(2)13(17)4-3-7-20-12-6-5-11(15(18)19)8-10(12)9-16/h5-6,8,16H,3-4,7,9H2,1-2H3. The predicted octanol–water partition coefficient (Wildman–Crippen LogP) is 1.33. The van der Waals surface area contributed by atoms with Gasteiger partial charge in [0.15, 0.2) is 0 Å².